The topological polar surface area (TPSA) is 79.0 Å². The Bertz CT molecular complexity index is 1500. The molecule has 1 aliphatic rings. The lowest BCUT2D eigenvalue weighted by atomic mass is 10.0. The predicted molar refractivity (Wildman–Crippen MR) is 124 cm³/mol. The Morgan fingerprint density at radius 2 is 1.94 bits per heavy atom. The van der Waals surface area contributed by atoms with Gasteiger partial charge in [0.25, 0.3) is 0 Å². The predicted octanol–water partition coefficient (Wildman–Crippen LogP) is 5.11. The van der Waals surface area contributed by atoms with E-state index in [1.807, 2.05) is 0 Å². The Morgan fingerprint density at radius 3 is 2.74 bits per heavy atom. The Labute approximate surface area is 192 Å². The summed E-state index contributed by atoms with van der Waals surface area (Å²) in [7, 11) is 0. The number of nitrogens with one attached hydrogen (secondary N) is 1. The van der Waals surface area contributed by atoms with E-state index in [1.165, 1.54) is 31.3 Å². The average Bonchev–Trinajstić information content (AvgIpc) is 2.97. The van der Waals surface area contributed by atoms with Gasteiger partial charge in [0.1, 0.15) is 17.3 Å². The van der Waals surface area contributed by atoms with Crippen LogP contribution < -0.4 is 10.3 Å². The number of nitrogens with zero attached hydrogens (tertiary/aromatic N) is 3. The minimum atomic E-state index is -2.76. The molecule has 0 spiro atoms. The Balaban J connectivity index is 1.73. The minimum absolute atomic E-state index is 0.0735. The lowest BCUT2D eigenvalue weighted by Crippen LogP contribution is -2.27. The molecule has 3 aromatic heterocycles. The molecule has 0 bridgehead atoms. The molecule has 6 nitrogen and oxygen atoms in total. The number of fused-ring (bicyclic) bond motifs is 2. The SMILES string of the molecule is CC(=O)c1nccc2[nH]c(-c3cc4ccc(F)cc4nc3N3CCCC(F)(F)CC3)cc(=O)c12. The van der Waals surface area contributed by atoms with Gasteiger partial charge in [-0.05, 0) is 30.7 Å². The van der Waals surface area contributed by atoms with Crippen LogP contribution in [0.1, 0.15) is 36.7 Å². The van der Waals surface area contributed by atoms with Crippen LogP contribution >= 0.6 is 0 Å². The van der Waals surface area contributed by atoms with Crippen LogP contribution in [0.15, 0.2) is 47.4 Å². The largest absolute Gasteiger partial charge is 0.356 e. The zero-order chi connectivity index (χ0) is 24.0. The van der Waals surface area contributed by atoms with Crippen molar-refractivity contribution >= 4 is 33.4 Å². The van der Waals surface area contributed by atoms with Crippen molar-refractivity contribution in [2.45, 2.75) is 32.1 Å². The van der Waals surface area contributed by atoms with E-state index < -0.39 is 17.2 Å². The van der Waals surface area contributed by atoms with Gasteiger partial charge in [0.05, 0.1) is 22.1 Å². The van der Waals surface area contributed by atoms with Crippen LogP contribution in [0.4, 0.5) is 19.0 Å². The smallest absolute Gasteiger partial charge is 0.249 e. The molecule has 1 aliphatic heterocycles. The fourth-order valence-electron chi connectivity index (χ4n) is 4.46. The van der Waals surface area contributed by atoms with Gasteiger partial charge in [-0.15, -0.1) is 0 Å². The number of aromatic nitrogens is 3. The monoisotopic (exact) mass is 466 g/mol. The fraction of sp³-hybridized carbons (Fsp3) is 0.280. The first-order valence-electron chi connectivity index (χ1n) is 11.0. The lowest BCUT2D eigenvalue weighted by molar-refractivity contribution is -0.0102. The second-order valence-electron chi connectivity index (χ2n) is 8.58. The number of hydrogen-bond donors (Lipinski definition) is 1. The molecule has 34 heavy (non-hydrogen) atoms. The number of anilines is 1. The van der Waals surface area contributed by atoms with Gasteiger partial charge in [0.2, 0.25) is 5.92 Å². The molecule has 0 amide bonds. The van der Waals surface area contributed by atoms with Crippen molar-refractivity contribution in [1.82, 2.24) is 15.0 Å². The van der Waals surface area contributed by atoms with Crippen LogP contribution in [0.2, 0.25) is 0 Å². The molecule has 4 aromatic rings. The normalized spacial score (nSPS) is 16.1. The molecule has 1 saturated heterocycles. The molecule has 0 radical (unpaired) electrons. The zero-order valence-electron chi connectivity index (χ0n) is 18.4. The molecule has 5 rings (SSSR count). The Morgan fingerprint density at radius 1 is 1.12 bits per heavy atom. The first-order valence-corrected chi connectivity index (χ1v) is 11.0. The van der Waals surface area contributed by atoms with Gasteiger partial charge in [0.15, 0.2) is 11.2 Å². The van der Waals surface area contributed by atoms with Crippen LogP contribution in [-0.2, 0) is 0 Å². The standard InChI is InChI=1S/C25H21F3N4O2/c1-14(33)23-22-18(5-8-29-23)30-20(13-21(22)34)17-11-15-3-4-16(26)12-19(15)31-24(17)32-9-2-6-25(27,28)7-10-32/h3-5,8,11-13H,2,6-7,9-10H2,1H3,(H,30,34). The molecule has 0 unspecified atom stereocenters. The number of Topliss-reactive ketones (excluding diaryl/α,β-unsaturated/α-hetero) is 1. The number of halogens is 3. The molecule has 0 atom stereocenters. The van der Waals surface area contributed by atoms with Gasteiger partial charge in [-0.3, -0.25) is 14.6 Å². The van der Waals surface area contributed by atoms with Gasteiger partial charge in [-0.2, -0.15) is 0 Å². The van der Waals surface area contributed by atoms with Gasteiger partial charge < -0.3 is 9.88 Å². The van der Waals surface area contributed by atoms with Crippen molar-refractivity contribution in [1.29, 1.82) is 0 Å². The van der Waals surface area contributed by atoms with Crippen LogP contribution in [0.3, 0.4) is 0 Å². The second kappa shape index (κ2) is 8.23. The number of alkyl halides is 2. The van der Waals surface area contributed by atoms with E-state index in [2.05, 4.69) is 15.0 Å². The van der Waals surface area contributed by atoms with Crippen LogP contribution in [0, 0.1) is 5.82 Å². The number of carbonyl (C=O) groups excluding carboxylic acids is 1. The van der Waals surface area contributed by atoms with Crippen molar-refractivity contribution in [3.63, 3.8) is 0 Å². The average molecular weight is 466 g/mol. The van der Waals surface area contributed by atoms with Crippen LogP contribution in [0.25, 0.3) is 33.1 Å². The maximum Gasteiger partial charge on any atom is 0.249 e. The maximum atomic E-state index is 14.0. The number of hydrogen-bond acceptors (Lipinski definition) is 5. The molecule has 9 heteroatoms. The summed E-state index contributed by atoms with van der Waals surface area (Å²) in [5.74, 6) is -3.15. The highest BCUT2D eigenvalue weighted by Gasteiger charge is 2.33. The summed E-state index contributed by atoms with van der Waals surface area (Å²) in [5.41, 5.74) is 1.45. The van der Waals surface area contributed by atoms with Crippen molar-refractivity contribution in [3.05, 3.63) is 64.3 Å². The summed E-state index contributed by atoms with van der Waals surface area (Å²) >= 11 is 0. The summed E-state index contributed by atoms with van der Waals surface area (Å²) in [6, 6.07) is 8.92. The molecule has 0 aliphatic carbocycles. The first-order chi connectivity index (χ1) is 16.2. The van der Waals surface area contributed by atoms with E-state index in [1.54, 1.807) is 23.1 Å². The zero-order valence-corrected chi connectivity index (χ0v) is 18.4. The third-order valence-corrected chi connectivity index (χ3v) is 6.14. The quantitative estimate of drug-likeness (QED) is 0.425. The molecular formula is C25H21F3N4O2. The van der Waals surface area contributed by atoms with Crippen molar-refractivity contribution in [3.8, 4) is 11.3 Å². The van der Waals surface area contributed by atoms with E-state index in [0.717, 1.165) is 0 Å². The number of rotatable bonds is 3. The first kappa shape index (κ1) is 22.1. The van der Waals surface area contributed by atoms with Gasteiger partial charge in [0, 0.05) is 62.1 Å². The van der Waals surface area contributed by atoms with Crippen molar-refractivity contribution in [2.75, 3.05) is 18.0 Å². The van der Waals surface area contributed by atoms with Gasteiger partial charge >= 0.3 is 0 Å². The second-order valence-corrected chi connectivity index (χ2v) is 8.58. The molecule has 174 valence electrons. The Hall–Kier alpha value is -3.75. The van der Waals surface area contributed by atoms with Crippen molar-refractivity contribution < 1.29 is 18.0 Å². The van der Waals surface area contributed by atoms with E-state index in [-0.39, 0.29) is 42.7 Å². The molecule has 1 N–H and O–H groups in total. The number of benzene rings is 1. The third kappa shape index (κ3) is 4.02. The number of pyridine rings is 3. The molecule has 1 fully saturated rings. The number of H-pyrrole nitrogens is 1. The number of aromatic amines is 1. The van der Waals surface area contributed by atoms with E-state index in [9.17, 15) is 22.8 Å². The highest BCUT2D eigenvalue weighted by atomic mass is 19.3. The van der Waals surface area contributed by atoms with Gasteiger partial charge in [-0.1, -0.05) is 0 Å². The summed E-state index contributed by atoms with van der Waals surface area (Å²) in [6.07, 6.45) is 1.18. The van der Waals surface area contributed by atoms with E-state index in [4.69, 9.17) is 0 Å². The minimum Gasteiger partial charge on any atom is -0.356 e. The summed E-state index contributed by atoms with van der Waals surface area (Å²) in [6.45, 7) is 1.77. The lowest BCUT2D eigenvalue weighted by Gasteiger charge is -2.25. The molecule has 0 saturated carbocycles. The molecular weight excluding hydrogens is 445 g/mol. The number of carbonyl (C=O) groups is 1. The summed E-state index contributed by atoms with van der Waals surface area (Å²) < 4.78 is 42.0. The summed E-state index contributed by atoms with van der Waals surface area (Å²) in [5, 5.41) is 0.825. The third-order valence-electron chi connectivity index (χ3n) is 6.14. The molecule has 4 heterocycles. The van der Waals surface area contributed by atoms with Gasteiger partial charge in [-0.25, -0.2) is 18.2 Å². The van der Waals surface area contributed by atoms with Crippen LogP contribution in [-0.4, -0.2) is 39.7 Å². The van der Waals surface area contributed by atoms with Crippen molar-refractivity contribution in [2.24, 2.45) is 0 Å². The van der Waals surface area contributed by atoms with Crippen LogP contribution in [0.5, 0.6) is 0 Å². The van der Waals surface area contributed by atoms with E-state index >= 15 is 0 Å². The number of ketones is 1. The van der Waals surface area contributed by atoms with E-state index in [0.29, 0.717) is 40.0 Å². The maximum absolute atomic E-state index is 14.0. The fourth-order valence-corrected chi connectivity index (χ4v) is 4.46. The molecule has 1 aromatic carbocycles. The highest BCUT2D eigenvalue weighted by molar-refractivity contribution is 6.04. The Kier molecular flexibility index (Phi) is 5.34. The summed E-state index contributed by atoms with van der Waals surface area (Å²) in [4.78, 5) is 38.6. The highest BCUT2D eigenvalue weighted by Crippen LogP contribution is 2.35.